The molecule has 5 heteroatoms. The van der Waals surface area contributed by atoms with Crippen LogP contribution in [-0.2, 0) is 15.3 Å². The second-order valence-corrected chi connectivity index (χ2v) is 5.54. The van der Waals surface area contributed by atoms with E-state index in [0.717, 1.165) is 17.3 Å². The van der Waals surface area contributed by atoms with E-state index in [-0.39, 0.29) is 17.7 Å². The number of nitrogens with one attached hydrogen (secondary N) is 1. The summed E-state index contributed by atoms with van der Waals surface area (Å²) in [5, 5.41) is 2.39. The summed E-state index contributed by atoms with van der Waals surface area (Å²) in [6.07, 6.45) is 1.12. The summed E-state index contributed by atoms with van der Waals surface area (Å²) < 4.78 is 5.10. The molecule has 1 aliphatic rings. The van der Waals surface area contributed by atoms with Gasteiger partial charge in [-0.3, -0.25) is 14.9 Å². The highest BCUT2D eigenvalue weighted by Crippen LogP contribution is 2.22. The van der Waals surface area contributed by atoms with Crippen LogP contribution in [0.1, 0.15) is 18.4 Å². The van der Waals surface area contributed by atoms with Crippen LogP contribution in [0.15, 0.2) is 24.3 Å². The molecule has 19 heavy (non-hydrogen) atoms. The van der Waals surface area contributed by atoms with Gasteiger partial charge in [-0.25, -0.2) is 0 Å². The zero-order valence-electron chi connectivity index (χ0n) is 10.8. The van der Waals surface area contributed by atoms with Crippen LogP contribution < -0.4 is 10.1 Å². The number of hydrogen-bond acceptors (Lipinski definition) is 4. The number of rotatable bonds is 5. The summed E-state index contributed by atoms with van der Waals surface area (Å²) in [7, 11) is 1.65. The lowest BCUT2D eigenvalue weighted by Gasteiger charge is -2.20. The fourth-order valence-corrected chi connectivity index (χ4v) is 3.09. The Morgan fingerprint density at radius 3 is 2.68 bits per heavy atom. The van der Waals surface area contributed by atoms with E-state index in [1.165, 1.54) is 5.56 Å². The van der Waals surface area contributed by atoms with Gasteiger partial charge in [0.05, 0.1) is 7.11 Å². The summed E-state index contributed by atoms with van der Waals surface area (Å²) in [6, 6.07) is 7.91. The molecular weight excluding hydrogens is 262 g/mol. The number of piperidine rings is 1. The fourth-order valence-electron chi connectivity index (χ4n) is 1.94. The molecule has 0 aromatic heterocycles. The molecule has 0 spiro atoms. The van der Waals surface area contributed by atoms with E-state index in [1.807, 2.05) is 24.3 Å². The first-order valence-corrected chi connectivity index (χ1v) is 7.39. The number of imide groups is 1. The second-order valence-electron chi connectivity index (χ2n) is 4.51. The van der Waals surface area contributed by atoms with E-state index in [9.17, 15) is 9.59 Å². The van der Waals surface area contributed by atoms with Gasteiger partial charge in [-0.05, 0) is 24.1 Å². The van der Waals surface area contributed by atoms with Gasteiger partial charge in [0.2, 0.25) is 11.8 Å². The minimum Gasteiger partial charge on any atom is -0.497 e. The Balaban J connectivity index is 1.76. The number of carbonyl (C=O) groups is 2. The molecule has 0 saturated carbocycles. The van der Waals surface area contributed by atoms with Gasteiger partial charge in [0.25, 0.3) is 0 Å². The average molecular weight is 279 g/mol. The molecule has 102 valence electrons. The zero-order chi connectivity index (χ0) is 13.7. The molecule has 1 unspecified atom stereocenters. The minimum atomic E-state index is -0.151. The molecule has 1 aromatic rings. The van der Waals surface area contributed by atoms with Crippen molar-refractivity contribution in [3.63, 3.8) is 0 Å². The Morgan fingerprint density at radius 1 is 1.32 bits per heavy atom. The Labute approximate surface area is 116 Å². The average Bonchev–Trinajstić information content (AvgIpc) is 2.42. The van der Waals surface area contributed by atoms with Crippen molar-refractivity contribution >= 4 is 23.6 Å². The van der Waals surface area contributed by atoms with Crippen molar-refractivity contribution in [3.8, 4) is 5.75 Å². The first-order valence-electron chi connectivity index (χ1n) is 6.23. The minimum absolute atomic E-state index is 0.0408. The molecule has 1 heterocycles. The van der Waals surface area contributed by atoms with Crippen molar-refractivity contribution in [2.75, 3.05) is 12.9 Å². The molecule has 1 saturated heterocycles. The molecule has 1 aliphatic heterocycles. The monoisotopic (exact) mass is 279 g/mol. The Bertz CT molecular complexity index is 458. The lowest BCUT2D eigenvalue weighted by Crippen LogP contribution is -2.41. The van der Waals surface area contributed by atoms with Crippen LogP contribution in [0.5, 0.6) is 5.75 Å². The molecule has 2 amide bonds. The number of methoxy groups -OCH3 is 1. The molecule has 1 fully saturated rings. The Hall–Kier alpha value is -1.49. The third-order valence-corrected chi connectivity index (χ3v) is 4.28. The first kappa shape index (κ1) is 13.9. The van der Waals surface area contributed by atoms with Crippen LogP contribution in [-0.4, -0.2) is 24.7 Å². The van der Waals surface area contributed by atoms with Crippen molar-refractivity contribution in [3.05, 3.63) is 29.8 Å². The molecule has 0 radical (unpaired) electrons. The molecule has 0 bridgehead atoms. The molecule has 0 aliphatic carbocycles. The summed E-state index contributed by atoms with van der Waals surface area (Å²) in [6.45, 7) is 0. The van der Waals surface area contributed by atoms with E-state index in [2.05, 4.69) is 5.32 Å². The van der Waals surface area contributed by atoms with Crippen LogP contribution in [0.2, 0.25) is 0 Å². The molecule has 2 rings (SSSR count). The van der Waals surface area contributed by atoms with E-state index in [0.29, 0.717) is 12.8 Å². The van der Waals surface area contributed by atoms with E-state index >= 15 is 0 Å². The maximum Gasteiger partial charge on any atom is 0.230 e. The van der Waals surface area contributed by atoms with Crippen molar-refractivity contribution in [2.24, 2.45) is 5.92 Å². The van der Waals surface area contributed by atoms with E-state index < -0.39 is 0 Å². The van der Waals surface area contributed by atoms with Crippen LogP contribution in [0.4, 0.5) is 0 Å². The molecular formula is C14H17NO3S. The number of carbonyl (C=O) groups excluding carboxylic acids is 2. The normalized spacial score (nSPS) is 19.1. The highest BCUT2D eigenvalue weighted by molar-refractivity contribution is 7.98. The van der Waals surface area contributed by atoms with Gasteiger partial charge in [-0.15, -0.1) is 0 Å². The summed E-state index contributed by atoms with van der Waals surface area (Å²) in [5.41, 5.74) is 1.21. The van der Waals surface area contributed by atoms with Crippen LogP contribution in [0, 0.1) is 5.92 Å². The van der Waals surface area contributed by atoms with Crippen molar-refractivity contribution in [1.82, 2.24) is 5.32 Å². The highest BCUT2D eigenvalue weighted by Gasteiger charge is 2.26. The predicted octanol–water partition coefficient (Wildman–Crippen LogP) is 1.98. The topological polar surface area (TPSA) is 55.4 Å². The SMILES string of the molecule is COc1ccc(CSCC2CCC(=O)NC2=O)cc1. The quantitative estimate of drug-likeness (QED) is 0.837. The highest BCUT2D eigenvalue weighted by atomic mass is 32.2. The van der Waals surface area contributed by atoms with Gasteiger partial charge >= 0.3 is 0 Å². The number of amides is 2. The third kappa shape index (κ3) is 3.99. The maximum absolute atomic E-state index is 11.6. The molecule has 1 atom stereocenters. The van der Waals surface area contributed by atoms with Crippen LogP contribution in [0.3, 0.4) is 0 Å². The van der Waals surface area contributed by atoms with E-state index in [1.54, 1.807) is 18.9 Å². The fraction of sp³-hybridized carbons (Fsp3) is 0.429. The van der Waals surface area contributed by atoms with Crippen molar-refractivity contribution < 1.29 is 14.3 Å². The number of hydrogen-bond donors (Lipinski definition) is 1. The van der Waals surface area contributed by atoms with Gasteiger partial charge in [0.15, 0.2) is 0 Å². The first-order chi connectivity index (χ1) is 9.19. The largest absolute Gasteiger partial charge is 0.497 e. The summed E-state index contributed by atoms with van der Waals surface area (Å²) >= 11 is 1.72. The lowest BCUT2D eigenvalue weighted by molar-refractivity contribution is -0.135. The Kier molecular flexibility index (Phi) is 4.85. The van der Waals surface area contributed by atoms with Gasteiger partial charge < -0.3 is 4.74 Å². The van der Waals surface area contributed by atoms with Gasteiger partial charge in [0, 0.05) is 23.8 Å². The van der Waals surface area contributed by atoms with Gasteiger partial charge in [-0.2, -0.15) is 11.8 Å². The number of benzene rings is 1. The van der Waals surface area contributed by atoms with Crippen molar-refractivity contribution in [1.29, 1.82) is 0 Å². The van der Waals surface area contributed by atoms with Gasteiger partial charge in [0.1, 0.15) is 5.75 Å². The number of ether oxygens (including phenoxy) is 1. The molecule has 4 nitrogen and oxygen atoms in total. The van der Waals surface area contributed by atoms with Gasteiger partial charge in [-0.1, -0.05) is 12.1 Å². The molecule has 1 aromatic carbocycles. The predicted molar refractivity (Wildman–Crippen MR) is 75.0 cm³/mol. The summed E-state index contributed by atoms with van der Waals surface area (Å²) in [4.78, 5) is 22.6. The Morgan fingerprint density at radius 2 is 2.05 bits per heavy atom. The standard InChI is InChI=1S/C14H17NO3S/c1-18-12-5-2-10(3-6-12)8-19-9-11-4-7-13(16)15-14(11)17/h2-3,5-6,11H,4,7-9H2,1H3,(H,15,16,17). The summed E-state index contributed by atoms with van der Waals surface area (Å²) in [5.74, 6) is 2.15. The maximum atomic E-state index is 11.6. The third-order valence-electron chi connectivity index (χ3n) is 3.10. The van der Waals surface area contributed by atoms with Crippen LogP contribution in [0.25, 0.3) is 0 Å². The zero-order valence-corrected chi connectivity index (χ0v) is 11.7. The smallest absolute Gasteiger partial charge is 0.230 e. The van der Waals surface area contributed by atoms with Crippen molar-refractivity contribution in [2.45, 2.75) is 18.6 Å². The van der Waals surface area contributed by atoms with Crippen LogP contribution >= 0.6 is 11.8 Å². The lowest BCUT2D eigenvalue weighted by atomic mass is 10.0. The second kappa shape index (κ2) is 6.61. The number of thioether (sulfide) groups is 1. The molecule has 1 N–H and O–H groups in total. The van der Waals surface area contributed by atoms with E-state index in [4.69, 9.17) is 4.74 Å².